The van der Waals surface area contributed by atoms with Gasteiger partial charge >= 0.3 is 6.09 Å². The van der Waals surface area contributed by atoms with Gasteiger partial charge in [-0.25, -0.2) is 14.5 Å². The van der Waals surface area contributed by atoms with E-state index in [0.29, 0.717) is 59.7 Å². The Morgan fingerprint density at radius 3 is 2.59 bits per heavy atom. The van der Waals surface area contributed by atoms with Crippen LogP contribution in [-0.2, 0) is 16.1 Å². The minimum Gasteiger partial charge on any atom is -0.445 e. The molecule has 1 aliphatic rings. The van der Waals surface area contributed by atoms with Crippen LogP contribution < -0.4 is 10.1 Å². The van der Waals surface area contributed by atoms with E-state index >= 15 is 0 Å². The molecule has 0 bridgehead atoms. The number of piperidine rings is 1. The van der Waals surface area contributed by atoms with Crippen LogP contribution in [0, 0.1) is 11.3 Å². The van der Waals surface area contributed by atoms with Crippen LogP contribution in [0.15, 0.2) is 72.9 Å². The normalized spacial score (nSPS) is 14.7. The third-order valence-corrected chi connectivity index (χ3v) is 6.80. The number of hydrogen-bond donors (Lipinski definition) is 1. The number of anilines is 1. The highest BCUT2D eigenvalue weighted by atomic mass is 35.5. The van der Waals surface area contributed by atoms with Crippen molar-refractivity contribution in [3.8, 4) is 29.0 Å². The molecule has 1 atom stereocenters. The first-order valence-electron chi connectivity index (χ1n) is 13.1. The summed E-state index contributed by atoms with van der Waals surface area (Å²) >= 11 is 5.89. The fraction of sp³-hybridized carbons (Fsp3) is 0.233. The van der Waals surface area contributed by atoms with Crippen LogP contribution in [0.3, 0.4) is 0 Å². The number of amides is 2. The van der Waals surface area contributed by atoms with E-state index in [2.05, 4.69) is 16.4 Å². The lowest BCUT2D eigenvalue weighted by Gasteiger charge is -2.32. The number of halogens is 1. The van der Waals surface area contributed by atoms with Gasteiger partial charge in [-0.1, -0.05) is 41.9 Å². The van der Waals surface area contributed by atoms with Gasteiger partial charge in [0.15, 0.2) is 0 Å². The second-order valence-electron chi connectivity index (χ2n) is 9.53. The van der Waals surface area contributed by atoms with Gasteiger partial charge in [0.05, 0.1) is 11.1 Å². The van der Waals surface area contributed by atoms with Crippen LogP contribution in [0.25, 0.3) is 11.3 Å². The summed E-state index contributed by atoms with van der Waals surface area (Å²) < 4.78 is 13.0. The number of pyridine rings is 1. The number of aromatic nitrogens is 3. The number of nitriles is 1. The van der Waals surface area contributed by atoms with Gasteiger partial charge < -0.3 is 19.7 Å². The van der Waals surface area contributed by atoms with Crippen molar-refractivity contribution in [2.45, 2.75) is 32.4 Å². The lowest BCUT2D eigenvalue weighted by molar-refractivity contribution is -0.114. The van der Waals surface area contributed by atoms with Crippen molar-refractivity contribution in [3.05, 3.63) is 89.1 Å². The average molecular weight is 571 g/mol. The number of nitrogens with zero attached hydrogens (tertiary/aromatic N) is 5. The van der Waals surface area contributed by atoms with E-state index in [1.807, 2.05) is 30.3 Å². The molecule has 5 rings (SSSR count). The number of nitrogens with one attached hydrogen (secondary N) is 1. The number of carbonyl (C=O) groups excluding carboxylic acids is 2. The van der Waals surface area contributed by atoms with E-state index in [1.54, 1.807) is 46.0 Å². The molecule has 4 aromatic rings. The zero-order valence-corrected chi connectivity index (χ0v) is 23.0. The maximum Gasteiger partial charge on any atom is 0.410 e. The SMILES string of the molecule is CC(=O)Nc1c(C#N)c(-c2ccc(Oc3ccc(Cl)cn3)cc2)nn1[C@@H]1CCCN(C(=O)OCc2ccccc2)C1. The first-order chi connectivity index (χ1) is 19.9. The third kappa shape index (κ3) is 6.65. The van der Waals surface area contributed by atoms with Crippen LogP contribution in [0.2, 0.25) is 5.02 Å². The van der Waals surface area contributed by atoms with Crippen molar-refractivity contribution in [1.82, 2.24) is 19.7 Å². The molecule has 1 fully saturated rings. The molecule has 0 spiro atoms. The molecule has 10 nitrogen and oxygen atoms in total. The minimum absolute atomic E-state index is 0.177. The summed E-state index contributed by atoms with van der Waals surface area (Å²) in [6, 6.07) is 21.8. The number of ether oxygens (including phenoxy) is 2. The van der Waals surface area contributed by atoms with Gasteiger partial charge in [-0.2, -0.15) is 10.4 Å². The summed E-state index contributed by atoms with van der Waals surface area (Å²) in [5, 5.41) is 18.2. The second-order valence-corrected chi connectivity index (χ2v) is 9.97. The van der Waals surface area contributed by atoms with E-state index in [1.165, 1.54) is 13.1 Å². The summed E-state index contributed by atoms with van der Waals surface area (Å²) in [7, 11) is 0. The maximum absolute atomic E-state index is 12.9. The van der Waals surface area contributed by atoms with E-state index in [-0.39, 0.29) is 24.1 Å². The quantitative estimate of drug-likeness (QED) is 0.281. The van der Waals surface area contributed by atoms with Crippen molar-refractivity contribution in [2.75, 3.05) is 18.4 Å². The third-order valence-electron chi connectivity index (χ3n) is 6.57. The molecule has 0 saturated carbocycles. The number of likely N-dealkylation sites (tertiary alicyclic amines) is 1. The zero-order valence-electron chi connectivity index (χ0n) is 22.3. The summed E-state index contributed by atoms with van der Waals surface area (Å²) in [6.07, 6.45) is 2.50. The lowest BCUT2D eigenvalue weighted by Crippen LogP contribution is -2.41. The Morgan fingerprint density at radius 1 is 1.12 bits per heavy atom. The molecule has 2 amide bonds. The van der Waals surface area contributed by atoms with Gasteiger partial charge in [-0.15, -0.1) is 0 Å². The van der Waals surface area contributed by atoms with Crippen molar-refractivity contribution >= 4 is 29.4 Å². The summed E-state index contributed by atoms with van der Waals surface area (Å²) in [5.41, 5.74) is 2.21. The van der Waals surface area contributed by atoms with Gasteiger partial charge in [0, 0.05) is 37.8 Å². The molecule has 1 saturated heterocycles. The highest BCUT2D eigenvalue weighted by molar-refractivity contribution is 6.30. The molecule has 1 aliphatic heterocycles. The first kappa shape index (κ1) is 27.7. The van der Waals surface area contributed by atoms with Gasteiger partial charge in [-0.05, 0) is 48.7 Å². The molecular formula is C30H27ClN6O4. The molecule has 2 aromatic heterocycles. The fourth-order valence-electron chi connectivity index (χ4n) is 4.65. The van der Waals surface area contributed by atoms with E-state index < -0.39 is 6.09 Å². The summed E-state index contributed by atoms with van der Waals surface area (Å²) in [5.74, 6) is 0.898. The molecule has 0 aliphatic carbocycles. The maximum atomic E-state index is 12.9. The monoisotopic (exact) mass is 570 g/mol. The van der Waals surface area contributed by atoms with Crippen LogP contribution in [-0.4, -0.2) is 44.8 Å². The molecule has 41 heavy (non-hydrogen) atoms. The van der Waals surface area contributed by atoms with E-state index in [0.717, 1.165) is 5.56 Å². The second kappa shape index (κ2) is 12.5. The first-order valence-corrected chi connectivity index (χ1v) is 13.4. The van der Waals surface area contributed by atoms with Crippen molar-refractivity contribution in [1.29, 1.82) is 5.26 Å². The summed E-state index contributed by atoms with van der Waals surface area (Å²) in [6.45, 7) is 2.43. The highest BCUT2D eigenvalue weighted by Gasteiger charge is 2.31. The molecule has 0 radical (unpaired) electrons. The molecule has 208 valence electrons. The zero-order chi connectivity index (χ0) is 28.8. The Kier molecular flexibility index (Phi) is 8.46. The van der Waals surface area contributed by atoms with Gasteiger partial charge in [-0.3, -0.25) is 4.79 Å². The number of carbonyl (C=O) groups is 2. The molecule has 3 heterocycles. The minimum atomic E-state index is -0.418. The Hall–Kier alpha value is -4.88. The average Bonchev–Trinajstić information content (AvgIpc) is 3.35. The van der Waals surface area contributed by atoms with Gasteiger partial charge in [0.2, 0.25) is 11.8 Å². The smallest absolute Gasteiger partial charge is 0.410 e. The summed E-state index contributed by atoms with van der Waals surface area (Å²) in [4.78, 5) is 30.8. The number of rotatable bonds is 7. The largest absolute Gasteiger partial charge is 0.445 e. The molecule has 0 unspecified atom stereocenters. The van der Waals surface area contributed by atoms with Crippen LogP contribution >= 0.6 is 11.6 Å². The Bertz CT molecular complexity index is 1570. The lowest BCUT2D eigenvalue weighted by atomic mass is 10.1. The van der Waals surface area contributed by atoms with Crippen molar-refractivity contribution in [2.24, 2.45) is 0 Å². The van der Waals surface area contributed by atoms with Crippen LogP contribution in [0.1, 0.15) is 36.9 Å². The van der Waals surface area contributed by atoms with Crippen LogP contribution in [0.5, 0.6) is 11.6 Å². The molecule has 11 heteroatoms. The Balaban J connectivity index is 1.37. The predicted molar refractivity (Wildman–Crippen MR) is 152 cm³/mol. The van der Waals surface area contributed by atoms with Crippen LogP contribution in [0.4, 0.5) is 10.6 Å². The fourth-order valence-corrected chi connectivity index (χ4v) is 4.76. The molecule has 2 aromatic carbocycles. The topological polar surface area (TPSA) is 122 Å². The van der Waals surface area contributed by atoms with E-state index in [9.17, 15) is 14.9 Å². The highest BCUT2D eigenvalue weighted by Crippen LogP contribution is 2.34. The molecular weight excluding hydrogens is 544 g/mol. The predicted octanol–water partition coefficient (Wildman–Crippen LogP) is 6.19. The Morgan fingerprint density at radius 2 is 1.90 bits per heavy atom. The Labute approximate surface area is 242 Å². The van der Waals surface area contributed by atoms with E-state index in [4.69, 9.17) is 26.2 Å². The van der Waals surface area contributed by atoms with Crippen molar-refractivity contribution < 1.29 is 19.1 Å². The number of benzene rings is 2. The molecule has 1 N–H and O–H groups in total. The van der Waals surface area contributed by atoms with Crippen molar-refractivity contribution in [3.63, 3.8) is 0 Å². The standard InChI is InChI=1S/C30H27ClN6O4/c1-20(38)34-29-26(16-32)28(22-9-12-25(13-10-22)41-27-14-11-23(31)17-33-27)35-37(29)24-8-5-15-36(18-24)30(39)40-19-21-6-3-2-4-7-21/h2-4,6-7,9-14,17,24H,5,8,15,18-19H2,1H3,(H,34,38)/t24-/m1/s1. The van der Waals surface area contributed by atoms with Gasteiger partial charge in [0.1, 0.15) is 35.5 Å². The number of hydrogen-bond acceptors (Lipinski definition) is 7. The van der Waals surface area contributed by atoms with Gasteiger partial charge in [0.25, 0.3) is 0 Å².